The minimum absolute atomic E-state index is 0.386. The van der Waals surface area contributed by atoms with E-state index in [1.165, 1.54) is 0 Å². The summed E-state index contributed by atoms with van der Waals surface area (Å²) in [5.41, 5.74) is 2.13. The highest BCUT2D eigenvalue weighted by molar-refractivity contribution is 9.10. The van der Waals surface area contributed by atoms with Gasteiger partial charge in [0.1, 0.15) is 0 Å². The Labute approximate surface area is 120 Å². The van der Waals surface area contributed by atoms with Crippen LogP contribution in [0.2, 0.25) is 5.02 Å². The molecule has 3 nitrogen and oxygen atoms in total. The number of hydrogen-bond donors (Lipinski definition) is 1. The molecule has 0 bridgehead atoms. The van der Waals surface area contributed by atoms with Crippen molar-refractivity contribution < 1.29 is 0 Å². The molecule has 1 heterocycles. The van der Waals surface area contributed by atoms with Crippen molar-refractivity contribution in [2.24, 2.45) is 0 Å². The van der Waals surface area contributed by atoms with Crippen LogP contribution in [0.1, 0.15) is 25.5 Å². The summed E-state index contributed by atoms with van der Waals surface area (Å²) < 4.78 is 2.84. The van der Waals surface area contributed by atoms with E-state index in [2.05, 4.69) is 46.4 Å². The van der Waals surface area contributed by atoms with Gasteiger partial charge in [-0.3, -0.25) is 4.68 Å². The number of benzene rings is 1. The SMILES string of the molecule is CC(C)n1cc(CNc2cccc(Cl)c2Br)cn1. The Balaban J connectivity index is 2.04. The van der Waals surface area contributed by atoms with Crippen molar-refractivity contribution in [1.29, 1.82) is 0 Å². The maximum Gasteiger partial charge on any atom is 0.0593 e. The van der Waals surface area contributed by atoms with Crippen molar-refractivity contribution in [2.75, 3.05) is 5.32 Å². The van der Waals surface area contributed by atoms with E-state index >= 15 is 0 Å². The zero-order valence-corrected chi connectivity index (χ0v) is 12.7. The topological polar surface area (TPSA) is 29.9 Å². The second-order valence-corrected chi connectivity index (χ2v) is 5.58. The number of aromatic nitrogens is 2. The van der Waals surface area contributed by atoms with Crippen molar-refractivity contribution >= 4 is 33.2 Å². The summed E-state index contributed by atoms with van der Waals surface area (Å²) in [6, 6.07) is 6.15. The number of rotatable bonds is 4. The predicted octanol–water partition coefficient (Wildman–Crippen LogP) is 4.49. The maximum absolute atomic E-state index is 6.04. The van der Waals surface area contributed by atoms with Gasteiger partial charge in [0.25, 0.3) is 0 Å². The highest BCUT2D eigenvalue weighted by atomic mass is 79.9. The van der Waals surface area contributed by atoms with Gasteiger partial charge in [-0.1, -0.05) is 17.7 Å². The van der Waals surface area contributed by atoms with Crippen LogP contribution in [0.5, 0.6) is 0 Å². The van der Waals surface area contributed by atoms with E-state index in [4.69, 9.17) is 11.6 Å². The van der Waals surface area contributed by atoms with Crippen LogP contribution >= 0.6 is 27.5 Å². The Bertz CT molecular complexity index is 537. The molecule has 1 aromatic carbocycles. The number of nitrogens with zero attached hydrogens (tertiary/aromatic N) is 2. The highest BCUT2D eigenvalue weighted by Gasteiger charge is 2.05. The summed E-state index contributed by atoms with van der Waals surface area (Å²) in [5.74, 6) is 0. The van der Waals surface area contributed by atoms with Gasteiger partial charge in [-0.15, -0.1) is 0 Å². The van der Waals surface area contributed by atoms with E-state index in [9.17, 15) is 0 Å². The van der Waals surface area contributed by atoms with Crippen molar-refractivity contribution in [3.63, 3.8) is 0 Å². The molecule has 0 saturated carbocycles. The van der Waals surface area contributed by atoms with Crippen molar-refractivity contribution in [1.82, 2.24) is 9.78 Å². The van der Waals surface area contributed by atoms with E-state index in [1.54, 1.807) is 0 Å². The van der Waals surface area contributed by atoms with Gasteiger partial charge in [0.15, 0.2) is 0 Å². The first-order chi connectivity index (χ1) is 8.58. The molecule has 0 radical (unpaired) electrons. The molecule has 0 spiro atoms. The molecular weight excluding hydrogens is 314 g/mol. The van der Waals surface area contributed by atoms with Crippen LogP contribution in [0, 0.1) is 0 Å². The van der Waals surface area contributed by atoms with Crippen molar-refractivity contribution in [3.05, 3.63) is 45.7 Å². The Kier molecular flexibility index (Phi) is 4.30. The second kappa shape index (κ2) is 5.76. The molecule has 1 N–H and O–H groups in total. The quantitative estimate of drug-likeness (QED) is 0.896. The lowest BCUT2D eigenvalue weighted by molar-refractivity contribution is 0.532. The Hall–Kier alpha value is -1.00. The van der Waals surface area contributed by atoms with E-state index < -0.39 is 0 Å². The first-order valence-corrected chi connectivity index (χ1v) is 6.96. The summed E-state index contributed by atoms with van der Waals surface area (Å²) >= 11 is 9.50. The second-order valence-electron chi connectivity index (χ2n) is 4.38. The highest BCUT2D eigenvalue weighted by Crippen LogP contribution is 2.30. The van der Waals surface area contributed by atoms with Crippen LogP contribution in [-0.4, -0.2) is 9.78 Å². The molecule has 0 amide bonds. The normalized spacial score (nSPS) is 10.9. The van der Waals surface area contributed by atoms with Gasteiger partial charge in [0, 0.05) is 24.3 Å². The predicted molar refractivity (Wildman–Crippen MR) is 79.1 cm³/mol. The fraction of sp³-hybridized carbons (Fsp3) is 0.308. The Morgan fingerprint density at radius 1 is 1.44 bits per heavy atom. The summed E-state index contributed by atoms with van der Waals surface area (Å²) in [6.45, 7) is 4.95. The van der Waals surface area contributed by atoms with Crippen molar-refractivity contribution in [3.8, 4) is 0 Å². The molecule has 2 aromatic rings. The first kappa shape index (κ1) is 13.4. The van der Waals surface area contributed by atoms with Crippen LogP contribution in [0.15, 0.2) is 35.1 Å². The zero-order valence-electron chi connectivity index (χ0n) is 10.3. The van der Waals surface area contributed by atoms with E-state index in [-0.39, 0.29) is 0 Å². The van der Waals surface area contributed by atoms with Gasteiger partial charge >= 0.3 is 0 Å². The average molecular weight is 329 g/mol. The third-order valence-electron chi connectivity index (χ3n) is 2.62. The molecule has 0 aliphatic rings. The molecule has 0 aliphatic carbocycles. The molecular formula is C13H15BrClN3. The molecule has 1 aromatic heterocycles. The van der Waals surface area contributed by atoms with E-state index in [0.29, 0.717) is 11.1 Å². The average Bonchev–Trinajstić information content (AvgIpc) is 2.80. The third-order valence-corrected chi connectivity index (χ3v) is 4.02. The number of anilines is 1. The Morgan fingerprint density at radius 2 is 2.22 bits per heavy atom. The number of nitrogens with one attached hydrogen (secondary N) is 1. The monoisotopic (exact) mass is 327 g/mol. The van der Waals surface area contributed by atoms with E-state index in [0.717, 1.165) is 22.3 Å². The smallest absolute Gasteiger partial charge is 0.0593 e. The lowest BCUT2D eigenvalue weighted by Crippen LogP contribution is -2.01. The minimum Gasteiger partial charge on any atom is -0.380 e. The maximum atomic E-state index is 6.04. The van der Waals surface area contributed by atoms with Crippen LogP contribution < -0.4 is 5.32 Å². The van der Waals surface area contributed by atoms with Gasteiger partial charge in [0.05, 0.1) is 21.4 Å². The summed E-state index contributed by atoms with van der Waals surface area (Å²) in [5, 5.41) is 8.35. The van der Waals surface area contributed by atoms with Gasteiger partial charge in [0.2, 0.25) is 0 Å². The molecule has 18 heavy (non-hydrogen) atoms. The molecule has 96 valence electrons. The molecule has 5 heteroatoms. The van der Waals surface area contributed by atoms with Crippen molar-refractivity contribution in [2.45, 2.75) is 26.4 Å². The van der Waals surface area contributed by atoms with Gasteiger partial charge in [-0.05, 0) is 41.9 Å². The lowest BCUT2D eigenvalue weighted by Gasteiger charge is -2.08. The van der Waals surface area contributed by atoms with E-state index in [1.807, 2.05) is 29.1 Å². The first-order valence-electron chi connectivity index (χ1n) is 5.79. The van der Waals surface area contributed by atoms with Crippen LogP contribution in [0.25, 0.3) is 0 Å². The molecule has 0 aliphatic heterocycles. The van der Waals surface area contributed by atoms with Gasteiger partial charge in [-0.25, -0.2) is 0 Å². The minimum atomic E-state index is 0.386. The number of hydrogen-bond acceptors (Lipinski definition) is 2. The summed E-state index contributed by atoms with van der Waals surface area (Å²) in [6.07, 6.45) is 3.93. The molecule has 0 atom stereocenters. The molecule has 0 unspecified atom stereocenters. The number of halogens is 2. The Morgan fingerprint density at radius 3 is 2.89 bits per heavy atom. The summed E-state index contributed by atoms with van der Waals surface area (Å²) in [7, 11) is 0. The van der Waals surface area contributed by atoms with Gasteiger partial charge < -0.3 is 5.32 Å². The molecule has 0 saturated heterocycles. The van der Waals surface area contributed by atoms with Gasteiger partial charge in [-0.2, -0.15) is 5.10 Å². The van der Waals surface area contributed by atoms with Crippen LogP contribution in [0.4, 0.5) is 5.69 Å². The fourth-order valence-corrected chi connectivity index (χ4v) is 2.17. The van der Waals surface area contributed by atoms with Crippen LogP contribution in [-0.2, 0) is 6.54 Å². The fourth-order valence-electron chi connectivity index (χ4n) is 1.59. The standard InChI is InChI=1S/C13H15BrClN3/c1-9(2)18-8-10(7-17-18)6-16-12-5-3-4-11(15)13(12)14/h3-5,7-9,16H,6H2,1-2H3. The zero-order chi connectivity index (χ0) is 13.1. The van der Waals surface area contributed by atoms with Crippen LogP contribution in [0.3, 0.4) is 0 Å². The largest absolute Gasteiger partial charge is 0.380 e. The lowest BCUT2D eigenvalue weighted by atomic mass is 10.3. The third kappa shape index (κ3) is 3.06. The summed E-state index contributed by atoms with van der Waals surface area (Å²) in [4.78, 5) is 0. The molecule has 2 rings (SSSR count). The molecule has 0 fully saturated rings.